The number of terminal acetylenes is 1. The standard InChI is InChI=1S/C16H29N3/c1-3-9-18-12-7-16(8-13-18)17-14-15(2)19-10-5-4-6-11-19/h1,15-17H,4-14H2,2H3. The SMILES string of the molecule is C#CCN1CCC(NCC(C)N2CCCCC2)CC1. The molecule has 2 aliphatic rings. The summed E-state index contributed by atoms with van der Waals surface area (Å²) in [5, 5.41) is 3.76. The van der Waals surface area contributed by atoms with Crippen LogP contribution in [-0.2, 0) is 0 Å². The molecule has 0 aliphatic carbocycles. The Labute approximate surface area is 118 Å². The van der Waals surface area contributed by atoms with Gasteiger partial charge in [-0.1, -0.05) is 12.3 Å². The minimum Gasteiger partial charge on any atom is -0.312 e. The van der Waals surface area contributed by atoms with Gasteiger partial charge in [-0.05, 0) is 45.7 Å². The highest BCUT2D eigenvalue weighted by Crippen LogP contribution is 2.13. The fraction of sp³-hybridized carbons (Fsp3) is 0.875. The summed E-state index contributed by atoms with van der Waals surface area (Å²) in [4.78, 5) is 5.02. The maximum absolute atomic E-state index is 5.36. The third-order valence-electron chi connectivity index (χ3n) is 4.62. The van der Waals surface area contributed by atoms with E-state index in [9.17, 15) is 0 Å². The fourth-order valence-corrected chi connectivity index (χ4v) is 3.25. The molecule has 2 heterocycles. The van der Waals surface area contributed by atoms with Crippen LogP contribution in [0.1, 0.15) is 39.0 Å². The number of hydrogen-bond acceptors (Lipinski definition) is 3. The van der Waals surface area contributed by atoms with Crippen LogP contribution >= 0.6 is 0 Å². The van der Waals surface area contributed by atoms with Gasteiger partial charge in [-0.3, -0.25) is 9.80 Å². The van der Waals surface area contributed by atoms with E-state index in [4.69, 9.17) is 6.42 Å². The van der Waals surface area contributed by atoms with Gasteiger partial charge in [0, 0.05) is 31.7 Å². The lowest BCUT2D eigenvalue weighted by molar-refractivity contribution is 0.158. The van der Waals surface area contributed by atoms with E-state index in [-0.39, 0.29) is 0 Å². The van der Waals surface area contributed by atoms with Crippen LogP contribution in [0, 0.1) is 12.3 Å². The molecule has 3 heteroatoms. The lowest BCUT2D eigenvalue weighted by atomic mass is 10.0. The summed E-state index contributed by atoms with van der Waals surface area (Å²) in [6.07, 6.45) is 12.0. The molecule has 0 spiro atoms. The summed E-state index contributed by atoms with van der Waals surface area (Å²) in [7, 11) is 0. The van der Waals surface area contributed by atoms with Gasteiger partial charge in [0.1, 0.15) is 0 Å². The van der Waals surface area contributed by atoms with Gasteiger partial charge in [-0.2, -0.15) is 0 Å². The molecule has 1 N–H and O–H groups in total. The van der Waals surface area contributed by atoms with E-state index in [1.54, 1.807) is 0 Å². The van der Waals surface area contributed by atoms with Crippen molar-refractivity contribution < 1.29 is 0 Å². The summed E-state index contributed by atoms with van der Waals surface area (Å²) >= 11 is 0. The zero-order valence-corrected chi connectivity index (χ0v) is 12.4. The molecule has 0 amide bonds. The quantitative estimate of drug-likeness (QED) is 0.759. The minimum absolute atomic E-state index is 0.684. The molecule has 0 radical (unpaired) electrons. The molecule has 2 aliphatic heterocycles. The van der Waals surface area contributed by atoms with Crippen molar-refractivity contribution in [3.8, 4) is 12.3 Å². The Morgan fingerprint density at radius 3 is 2.47 bits per heavy atom. The highest BCUT2D eigenvalue weighted by molar-refractivity contribution is 4.90. The molecule has 108 valence electrons. The van der Waals surface area contributed by atoms with E-state index in [1.165, 1.54) is 45.2 Å². The Morgan fingerprint density at radius 1 is 1.16 bits per heavy atom. The normalized spacial score (nSPS) is 25.1. The zero-order valence-electron chi connectivity index (χ0n) is 12.4. The number of nitrogens with zero attached hydrogens (tertiary/aromatic N) is 2. The molecular weight excluding hydrogens is 234 g/mol. The number of nitrogens with one attached hydrogen (secondary N) is 1. The largest absolute Gasteiger partial charge is 0.312 e. The van der Waals surface area contributed by atoms with Crippen LogP contribution in [0.15, 0.2) is 0 Å². The van der Waals surface area contributed by atoms with Crippen molar-refractivity contribution in [1.82, 2.24) is 15.1 Å². The second-order valence-electron chi connectivity index (χ2n) is 6.11. The van der Waals surface area contributed by atoms with Crippen LogP contribution in [-0.4, -0.2) is 61.2 Å². The molecule has 3 nitrogen and oxygen atoms in total. The molecule has 0 aromatic carbocycles. The predicted octanol–water partition coefficient (Wildman–Crippen LogP) is 1.55. The van der Waals surface area contributed by atoms with E-state index >= 15 is 0 Å². The van der Waals surface area contributed by atoms with Crippen molar-refractivity contribution in [2.75, 3.05) is 39.3 Å². The summed E-state index contributed by atoms with van der Waals surface area (Å²) < 4.78 is 0. The Morgan fingerprint density at radius 2 is 1.84 bits per heavy atom. The molecule has 0 bridgehead atoms. The third kappa shape index (κ3) is 4.80. The third-order valence-corrected chi connectivity index (χ3v) is 4.62. The highest BCUT2D eigenvalue weighted by Gasteiger charge is 2.20. The van der Waals surface area contributed by atoms with Crippen LogP contribution < -0.4 is 5.32 Å². The summed E-state index contributed by atoms with van der Waals surface area (Å²) in [6, 6.07) is 1.38. The number of rotatable bonds is 5. The number of piperidine rings is 2. The first kappa shape index (κ1) is 14.8. The van der Waals surface area contributed by atoms with Gasteiger partial charge in [0.05, 0.1) is 6.54 Å². The molecule has 1 unspecified atom stereocenters. The van der Waals surface area contributed by atoms with Crippen molar-refractivity contribution in [1.29, 1.82) is 0 Å². The van der Waals surface area contributed by atoms with Crippen LogP contribution in [0.3, 0.4) is 0 Å². The Hall–Kier alpha value is -0.560. The van der Waals surface area contributed by atoms with Crippen LogP contribution in [0.4, 0.5) is 0 Å². The molecule has 0 aromatic rings. The van der Waals surface area contributed by atoms with Crippen LogP contribution in [0.2, 0.25) is 0 Å². The molecular formula is C16H29N3. The van der Waals surface area contributed by atoms with Crippen molar-refractivity contribution >= 4 is 0 Å². The van der Waals surface area contributed by atoms with Crippen molar-refractivity contribution in [2.24, 2.45) is 0 Å². The van der Waals surface area contributed by atoms with E-state index in [1.807, 2.05) is 0 Å². The summed E-state index contributed by atoms with van der Waals surface area (Å²) in [5.41, 5.74) is 0. The first-order valence-corrected chi connectivity index (χ1v) is 7.93. The molecule has 1 atom stereocenters. The van der Waals surface area contributed by atoms with E-state index in [0.717, 1.165) is 26.2 Å². The molecule has 0 aromatic heterocycles. The van der Waals surface area contributed by atoms with E-state index in [0.29, 0.717) is 12.1 Å². The number of hydrogen-bond donors (Lipinski definition) is 1. The Balaban J connectivity index is 1.62. The van der Waals surface area contributed by atoms with Crippen molar-refractivity contribution in [2.45, 2.75) is 51.1 Å². The molecule has 2 fully saturated rings. The highest BCUT2D eigenvalue weighted by atomic mass is 15.2. The smallest absolute Gasteiger partial charge is 0.0598 e. The summed E-state index contributed by atoms with van der Waals surface area (Å²) in [6.45, 7) is 9.22. The fourth-order valence-electron chi connectivity index (χ4n) is 3.25. The van der Waals surface area contributed by atoms with Crippen LogP contribution in [0.25, 0.3) is 0 Å². The first-order chi connectivity index (χ1) is 9.29. The molecule has 0 saturated carbocycles. The average Bonchev–Trinajstić information content (AvgIpc) is 2.47. The van der Waals surface area contributed by atoms with E-state index < -0.39 is 0 Å². The first-order valence-electron chi connectivity index (χ1n) is 7.93. The topological polar surface area (TPSA) is 18.5 Å². The number of likely N-dealkylation sites (tertiary alicyclic amines) is 2. The monoisotopic (exact) mass is 263 g/mol. The molecule has 19 heavy (non-hydrogen) atoms. The lowest BCUT2D eigenvalue weighted by Gasteiger charge is -2.35. The van der Waals surface area contributed by atoms with Crippen LogP contribution in [0.5, 0.6) is 0 Å². The predicted molar refractivity (Wildman–Crippen MR) is 81.2 cm³/mol. The maximum Gasteiger partial charge on any atom is 0.0598 e. The van der Waals surface area contributed by atoms with Gasteiger partial charge in [-0.15, -0.1) is 6.42 Å². The van der Waals surface area contributed by atoms with Gasteiger partial charge < -0.3 is 5.32 Å². The van der Waals surface area contributed by atoms with Crippen molar-refractivity contribution in [3.63, 3.8) is 0 Å². The van der Waals surface area contributed by atoms with E-state index in [2.05, 4.69) is 28.0 Å². The van der Waals surface area contributed by atoms with Gasteiger partial charge in [-0.25, -0.2) is 0 Å². The summed E-state index contributed by atoms with van der Waals surface area (Å²) in [5.74, 6) is 2.74. The Kier molecular flexibility index (Phi) is 6.16. The molecule has 2 saturated heterocycles. The second-order valence-corrected chi connectivity index (χ2v) is 6.11. The van der Waals surface area contributed by atoms with Gasteiger partial charge >= 0.3 is 0 Å². The average molecular weight is 263 g/mol. The molecule has 2 rings (SSSR count). The second kappa shape index (κ2) is 7.89. The van der Waals surface area contributed by atoms with Gasteiger partial charge in [0.15, 0.2) is 0 Å². The lowest BCUT2D eigenvalue weighted by Crippen LogP contribution is -2.48. The maximum atomic E-state index is 5.36. The van der Waals surface area contributed by atoms with Crippen molar-refractivity contribution in [3.05, 3.63) is 0 Å². The zero-order chi connectivity index (χ0) is 13.5. The Bertz CT molecular complexity index is 283. The van der Waals surface area contributed by atoms with Gasteiger partial charge in [0.2, 0.25) is 0 Å². The minimum atomic E-state index is 0.684. The van der Waals surface area contributed by atoms with Gasteiger partial charge in [0.25, 0.3) is 0 Å².